The lowest BCUT2D eigenvalue weighted by Gasteiger charge is -2.42. The van der Waals surface area contributed by atoms with E-state index in [4.69, 9.17) is 0 Å². The van der Waals surface area contributed by atoms with E-state index in [1.54, 1.807) is 32.2 Å². The van der Waals surface area contributed by atoms with Gasteiger partial charge in [-0.25, -0.2) is 13.6 Å². The van der Waals surface area contributed by atoms with Gasteiger partial charge in [0.1, 0.15) is 17.5 Å². The fourth-order valence-electron chi connectivity index (χ4n) is 6.70. The average Bonchev–Trinajstić information content (AvgIpc) is 2.94. The van der Waals surface area contributed by atoms with Crippen molar-refractivity contribution in [1.29, 1.82) is 0 Å². The van der Waals surface area contributed by atoms with Crippen LogP contribution in [0.1, 0.15) is 99.0 Å². The maximum absolute atomic E-state index is 15.8. The fraction of sp³-hybridized carbons (Fsp3) is 0.514. The van der Waals surface area contributed by atoms with Crippen LogP contribution in [0.25, 0.3) is 11.1 Å². The number of carboxylic acids is 1. The van der Waals surface area contributed by atoms with Crippen molar-refractivity contribution in [2.75, 3.05) is 19.6 Å². The fourth-order valence-corrected chi connectivity index (χ4v) is 6.70. The number of carboxylic acid groups (broad SMARTS) is 1. The van der Waals surface area contributed by atoms with E-state index >= 15 is 4.39 Å². The molecule has 1 fully saturated rings. The summed E-state index contributed by atoms with van der Waals surface area (Å²) >= 11 is 0. The number of carbonyl (C=O) groups excluding carboxylic acids is 1. The van der Waals surface area contributed by atoms with Crippen LogP contribution in [0.3, 0.4) is 0 Å². The van der Waals surface area contributed by atoms with Gasteiger partial charge in [-0.3, -0.25) is 19.1 Å². The van der Waals surface area contributed by atoms with Crippen LogP contribution in [-0.2, 0) is 16.0 Å². The normalized spacial score (nSPS) is 15.8. The number of aryl methyl sites for hydroxylation is 3. The van der Waals surface area contributed by atoms with Gasteiger partial charge in [-0.1, -0.05) is 45.9 Å². The minimum atomic E-state index is -1.21. The number of halogens is 2. The third-order valence-corrected chi connectivity index (χ3v) is 8.87. The quantitative estimate of drug-likeness (QED) is 0.216. The molecule has 10 heteroatoms. The summed E-state index contributed by atoms with van der Waals surface area (Å²) in [5.74, 6) is -2.46. The Morgan fingerprint density at radius 3 is 2.26 bits per heavy atom. The van der Waals surface area contributed by atoms with Crippen LogP contribution < -0.4 is 11.0 Å². The molecule has 1 amide bonds. The van der Waals surface area contributed by atoms with Gasteiger partial charge in [0, 0.05) is 31.4 Å². The molecule has 0 radical (unpaired) electrons. The van der Waals surface area contributed by atoms with Crippen molar-refractivity contribution >= 4 is 11.9 Å². The van der Waals surface area contributed by atoms with Crippen molar-refractivity contribution in [3.8, 4) is 11.1 Å². The zero-order valence-electron chi connectivity index (χ0n) is 28.8. The topological polar surface area (TPSA) is 105 Å². The van der Waals surface area contributed by atoms with E-state index in [0.717, 1.165) is 27.8 Å². The third-order valence-electron chi connectivity index (χ3n) is 8.87. The Kier molecular flexibility index (Phi) is 11.1. The number of amides is 1. The Bertz CT molecular complexity index is 1670. The molecule has 3 aromatic rings. The minimum absolute atomic E-state index is 0.0153. The van der Waals surface area contributed by atoms with Crippen LogP contribution in [-0.4, -0.2) is 56.7 Å². The zero-order chi connectivity index (χ0) is 34.8. The number of nitrogens with one attached hydrogen (secondary N) is 1. The number of likely N-dealkylation sites (tertiary alicyclic amines) is 1. The molecule has 1 aromatic heterocycles. The molecule has 2 atom stereocenters. The summed E-state index contributed by atoms with van der Waals surface area (Å²) in [5.41, 5.74) is 3.62. The standard InChI is InChI=1S/C37H48F2N4O4/c1-21(2)14-30(43-18-26(34(22(3)4)41-36(43)47)12-13-42-19-37(8,39)20-42)35(46)40-29(17-31(44)45)28-16-27(15-25(7)33(28)38)32-23(5)10-9-11-24(32)6/h9-11,15-16,18,21-22,29-30H,12-14,17,19-20H2,1-8H3,(H,40,46)(H,44,45)/t29-,30-/m0/s1. The number of hydrogen-bond acceptors (Lipinski definition) is 5. The number of nitrogens with zero attached hydrogens (tertiary/aromatic N) is 3. The highest BCUT2D eigenvalue weighted by Gasteiger charge is 2.38. The lowest BCUT2D eigenvalue weighted by molar-refractivity contribution is -0.138. The minimum Gasteiger partial charge on any atom is -0.481 e. The van der Waals surface area contributed by atoms with E-state index in [2.05, 4.69) is 10.3 Å². The van der Waals surface area contributed by atoms with Crippen molar-refractivity contribution < 1.29 is 23.5 Å². The van der Waals surface area contributed by atoms with Crippen molar-refractivity contribution in [2.24, 2.45) is 5.92 Å². The summed E-state index contributed by atoms with van der Waals surface area (Å²) in [7, 11) is 0. The summed E-state index contributed by atoms with van der Waals surface area (Å²) in [4.78, 5) is 46.0. The highest BCUT2D eigenvalue weighted by Crippen LogP contribution is 2.34. The van der Waals surface area contributed by atoms with Gasteiger partial charge in [0.15, 0.2) is 0 Å². The van der Waals surface area contributed by atoms with E-state index in [-0.39, 0.29) is 23.8 Å². The predicted molar refractivity (Wildman–Crippen MR) is 180 cm³/mol. The van der Waals surface area contributed by atoms with Gasteiger partial charge in [0.2, 0.25) is 5.91 Å². The number of alkyl halides is 1. The molecule has 2 heterocycles. The van der Waals surface area contributed by atoms with Gasteiger partial charge < -0.3 is 10.4 Å². The second kappa shape index (κ2) is 14.5. The molecule has 0 spiro atoms. The maximum atomic E-state index is 15.8. The maximum Gasteiger partial charge on any atom is 0.348 e. The van der Waals surface area contributed by atoms with Gasteiger partial charge in [-0.2, -0.15) is 4.98 Å². The van der Waals surface area contributed by atoms with Gasteiger partial charge >= 0.3 is 11.7 Å². The summed E-state index contributed by atoms with van der Waals surface area (Å²) in [6.45, 7) is 16.1. The lowest BCUT2D eigenvalue weighted by Crippen LogP contribution is -2.57. The Morgan fingerprint density at radius 1 is 1.06 bits per heavy atom. The highest BCUT2D eigenvalue weighted by atomic mass is 19.1. The Hall–Kier alpha value is -3.92. The summed E-state index contributed by atoms with van der Waals surface area (Å²) < 4.78 is 31.2. The Balaban J connectivity index is 1.73. The highest BCUT2D eigenvalue weighted by molar-refractivity contribution is 5.82. The van der Waals surface area contributed by atoms with Crippen molar-refractivity contribution in [1.82, 2.24) is 19.8 Å². The third kappa shape index (κ3) is 8.52. The first kappa shape index (κ1) is 35.9. The molecular formula is C37H48F2N4O4. The van der Waals surface area contributed by atoms with E-state index in [1.165, 1.54) is 4.57 Å². The van der Waals surface area contributed by atoms with Crippen LogP contribution in [0.2, 0.25) is 0 Å². The van der Waals surface area contributed by atoms with E-state index < -0.39 is 47.6 Å². The molecule has 254 valence electrons. The average molecular weight is 651 g/mol. The molecule has 0 saturated carbocycles. The molecule has 4 rings (SSSR count). The van der Waals surface area contributed by atoms with Gasteiger partial charge in [0.05, 0.1) is 18.2 Å². The number of aromatic nitrogens is 2. The first-order valence-electron chi connectivity index (χ1n) is 16.4. The molecule has 0 aliphatic carbocycles. The molecule has 47 heavy (non-hydrogen) atoms. The van der Waals surface area contributed by atoms with E-state index in [9.17, 15) is 23.9 Å². The van der Waals surface area contributed by atoms with Gasteiger partial charge in [-0.05, 0) is 97.9 Å². The van der Waals surface area contributed by atoms with Gasteiger partial charge in [-0.15, -0.1) is 0 Å². The summed E-state index contributed by atoms with van der Waals surface area (Å²) in [6, 6.07) is 6.98. The smallest absolute Gasteiger partial charge is 0.348 e. The molecule has 1 aliphatic rings. The SMILES string of the molecule is Cc1cc(-c2c(C)cccc2C)cc([C@H](CC(=O)O)NC(=O)[C@H](CC(C)C)n2cc(CCN3CC(C)(F)C3)c(C(C)C)nc2=O)c1F. The molecule has 2 aromatic carbocycles. The first-order valence-corrected chi connectivity index (χ1v) is 16.4. The summed E-state index contributed by atoms with van der Waals surface area (Å²) in [5, 5.41) is 12.7. The number of hydrogen-bond donors (Lipinski definition) is 2. The number of rotatable bonds is 13. The Labute approximate surface area is 276 Å². The van der Waals surface area contributed by atoms with Crippen LogP contribution in [0.5, 0.6) is 0 Å². The van der Waals surface area contributed by atoms with Crippen LogP contribution in [0.4, 0.5) is 8.78 Å². The first-order chi connectivity index (χ1) is 22.0. The van der Waals surface area contributed by atoms with Crippen LogP contribution in [0, 0.1) is 32.5 Å². The molecular weight excluding hydrogens is 602 g/mol. The Morgan fingerprint density at radius 2 is 1.70 bits per heavy atom. The second-order valence-corrected chi connectivity index (χ2v) is 14.1. The van der Waals surface area contributed by atoms with E-state index in [0.29, 0.717) is 37.3 Å². The molecule has 2 N–H and O–H groups in total. The molecule has 0 unspecified atom stereocenters. The molecule has 8 nitrogen and oxygen atoms in total. The van der Waals surface area contributed by atoms with Crippen LogP contribution >= 0.6 is 0 Å². The van der Waals surface area contributed by atoms with Crippen molar-refractivity contribution in [3.05, 3.63) is 86.3 Å². The molecule has 1 saturated heterocycles. The van der Waals surface area contributed by atoms with E-state index in [1.807, 2.05) is 64.6 Å². The number of carbonyl (C=O) groups is 2. The van der Waals surface area contributed by atoms with Crippen molar-refractivity contribution in [3.63, 3.8) is 0 Å². The number of aliphatic carboxylic acids is 1. The van der Waals surface area contributed by atoms with Crippen LogP contribution in [0.15, 0.2) is 41.3 Å². The molecule has 1 aliphatic heterocycles. The van der Waals surface area contributed by atoms with Crippen molar-refractivity contribution in [2.45, 2.75) is 98.3 Å². The monoisotopic (exact) mass is 650 g/mol. The summed E-state index contributed by atoms with van der Waals surface area (Å²) in [6.07, 6.45) is 1.90. The van der Waals surface area contributed by atoms with Gasteiger partial charge in [0.25, 0.3) is 0 Å². The predicted octanol–water partition coefficient (Wildman–Crippen LogP) is 6.60. The molecule has 0 bridgehead atoms. The number of benzene rings is 2. The largest absolute Gasteiger partial charge is 0.481 e. The lowest BCUT2D eigenvalue weighted by atomic mass is 9.90. The second-order valence-electron chi connectivity index (χ2n) is 14.1. The zero-order valence-corrected chi connectivity index (χ0v) is 28.8.